The van der Waals surface area contributed by atoms with E-state index in [-0.39, 0.29) is 6.61 Å². The minimum Gasteiger partial charge on any atom is -0.395 e. The van der Waals surface area contributed by atoms with E-state index >= 15 is 0 Å². The lowest BCUT2D eigenvalue weighted by molar-refractivity contribution is -0.140. The maximum Gasteiger partial charge on any atom is 0.419 e. The highest BCUT2D eigenvalue weighted by Gasteiger charge is 2.41. The summed E-state index contributed by atoms with van der Waals surface area (Å²) in [6, 6.07) is 2.98. The fourth-order valence-corrected chi connectivity index (χ4v) is 2.21. The topological polar surface area (TPSA) is 20.2 Å². The Morgan fingerprint density at radius 1 is 1.24 bits per heavy atom. The van der Waals surface area contributed by atoms with E-state index in [2.05, 4.69) is 0 Å². The van der Waals surface area contributed by atoms with Gasteiger partial charge in [0.15, 0.2) is 0 Å². The molecule has 1 aromatic carbocycles. The van der Waals surface area contributed by atoms with Gasteiger partial charge in [0.25, 0.3) is 0 Å². The van der Waals surface area contributed by atoms with Crippen molar-refractivity contribution in [3.05, 3.63) is 35.1 Å². The molecule has 0 aliphatic heterocycles. The number of rotatable bonds is 2. The molecule has 2 rings (SSSR count). The molecule has 0 saturated heterocycles. The molecule has 94 valence electrons. The Bertz CT molecular complexity index is 415. The molecule has 1 N–H and O–H groups in total. The second-order valence-electron chi connectivity index (χ2n) is 4.48. The number of halogens is 4. The highest BCUT2D eigenvalue weighted by molar-refractivity contribution is 5.34. The normalized spacial score (nSPS) is 18.9. The number of alkyl halides is 3. The molecule has 1 aliphatic rings. The standard InChI is InChI=1S/C12H12F4O/c13-10-3-2-8(6-9(10)12(14,15)16)11(7-17)4-1-5-11/h2-3,6,17H,1,4-5,7H2. The minimum absolute atomic E-state index is 0.198. The molecule has 17 heavy (non-hydrogen) atoms. The van der Waals surface area contributed by atoms with Crippen molar-refractivity contribution in [3.63, 3.8) is 0 Å². The zero-order valence-corrected chi connectivity index (χ0v) is 9.02. The molecule has 1 saturated carbocycles. The van der Waals surface area contributed by atoms with Gasteiger partial charge in [-0.15, -0.1) is 0 Å². The molecule has 1 nitrogen and oxygen atoms in total. The van der Waals surface area contributed by atoms with Crippen LogP contribution in [-0.4, -0.2) is 11.7 Å². The van der Waals surface area contributed by atoms with E-state index < -0.39 is 23.0 Å². The van der Waals surface area contributed by atoms with Gasteiger partial charge < -0.3 is 5.11 Å². The maximum absolute atomic E-state index is 13.1. The highest BCUT2D eigenvalue weighted by Crippen LogP contribution is 2.44. The monoisotopic (exact) mass is 248 g/mol. The van der Waals surface area contributed by atoms with Crippen LogP contribution in [-0.2, 0) is 11.6 Å². The van der Waals surface area contributed by atoms with Crippen molar-refractivity contribution < 1.29 is 22.7 Å². The van der Waals surface area contributed by atoms with Gasteiger partial charge in [-0.2, -0.15) is 13.2 Å². The van der Waals surface area contributed by atoms with E-state index in [1.54, 1.807) is 0 Å². The smallest absolute Gasteiger partial charge is 0.395 e. The molecule has 0 spiro atoms. The molecule has 1 aromatic rings. The van der Waals surface area contributed by atoms with E-state index in [1.807, 2.05) is 0 Å². The lowest BCUT2D eigenvalue weighted by atomic mass is 9.65. The Hall–Kier alpha value is -1.10. The summed E-state index contributed by atoms with van der Waals surface area (Å²) in [4.78, 5) is 0. The zero-order chi connectivity index (χ0) is 12.7. The first-order valence-corrected chi connectivity index (χ1v) is 5.37. The number of benzene rings is 1. The second kappa shape index (κ2) is 3.98. The fourth-order valence-electron chi connectivity index (χ4n) is 2.21. The van der Waals surface area contributed by atoms with Gasteiger partial charge in [0.05, 0.1) is 12.2 Å². The molecular weight excluding hydrogens is 236 g/mol. The van der Waals surface area contributed by atoms with Crippen LogP contribution in [0.3, 0.4) is 0 Å². The largest absolute Gasteiger partial charge is 0.419 e. The van der Waals surface area contributed by atoms with Gasteiger partial charge in [-0.05, 0) is 30.5 Å². The Labute approximate surface area is 96.1 Å². The van der Waals surface area contributed by atoms with Crippen LogP contribution in [0.15, 0.2) is 18.2 Å². The van der Waals surface area contributed by atoms with Crippen LogP contribution in [0.25, 0.3) is 0 Å². The summed E-state index contributed by atoms with van der Waals surface area (Å²) in [5, 5.41) is 9.28. The Morgan fingerprint density at radius 2 is 1.88 bits per heavy atom. The molecule has 5 heteroatoms. The second-order valence-corrected chi connectivity index (χ2v) is 4.48. The Morgan fingerprint density at radius 3 is 2.29 bits per heavy atom. The van der Waals surface area contributed by atoms with Crippen molar-refractivity contribution in [1.82, 2.24) is 0 Å². The van der Waals surface area contributed by atoms with E-state index in [0.29, 0.717) is 18.4 Å². The van der Waals surface area contributed by atoms with Crippen molar-refractivity contribution in [1.29, 1.82) is 0 Å². The number of aliphatic hydroxyl groups excluding tert-OH is 1. The van der Waals surface area contributed by atoms with Gasteiger partial charge in [0.2, 0.25) is 0 Å². The Kier molecular flexibility index (Phi) is 2.89. The van der Waals surface area contributed by atoms with Gasteiger partial charge >= 0.3 is 6.18 Å². The highest BCUT2D eigenvalue weighted by atomic mass is 19.4. The third-order valence-electron chi connectivity index (χ3n) is 3.50. The Balaban J connectivity index is 2.44. The molecule has 0 amide bonds. The van der Waals surface area contributed by atoms with Crippen LogP contribution in [0.5, 0.6) is 0 Å². The molecule has 1 fully saturated rings. The third kappa shape index (κ3) is 2.04. The summed E-state index contributed by atoms with van der Waals surface area (Å²) < 4.78 is 50.7. The van der Waals surface area contributed by atoms with Crippen molar-refractivity contribution >= 4 is 0 Å². The van der Waals surface area contributed by atoms with Crippen LogP contribution in [0.1, 0.15) is 30.4 Å². The molecule has 1 aliphatic carbocycles. The van der Waals surface area contributed by atoms with Crippen LogP contribution in [0, 0.1) is 5.82 Å². The summed E-state index contributed by atoms with van der Waals surface area (Å²) in [7, 11) is 0. The van der Waals surface area contributed by atoms with Crippen molar-refractivity contribution in [3.8, 4) is 0 Å². The first-order chi connectivity index (χ1) is 7.89. The number of hydrogen-bond donors (Lipinski definition) is 1. The fraction of sp³-hybridized carbons (Fsp3) is 0.500. The molecule has 0 unspecified atom stereocenters. The molecular formula is C12H12F4O. The summed E-state index contributed by atoms with van der Waals surface area (Å²) in [6.07, 6.45) is -2.53. The van der Waals surface area contributed by atoms with Crippen molar-refractivity contribution in [2.75, 3.05) is 6.61 Å². The van der Waals surface area contributed by atoms with Gasteiger partial charge in [-0.25, -0.2) is 4.39 Å². The van der Waals surface area contributed by atoms with Crippen LogP contribution in [0.2, 0.25) is 0 Å². The number of hydrogen-bond acceptors (Lipinski definition) is 1. The van der Waals surface area contributed by atoms with Gasteiger partial charge in [0.1, 0.15) is 5.82 Å². The van der Waals surface area contributed by atoms with Crippen LogP contribution < -0.4 is 0 Å². The minimum atomic E-state index is -4.69. The molecule has 0 atom stereocenters. The van der Waals surface area contributed by atoms with Crippen LogP contribution >= 0.6 is 0 Å². The lowest BCUT2D eigenvalue weighted by Crippen LogP contribution is -2.38. The molecule has 0 bridgehead atoms. The van der Waals surface area contributed by atoms with Crippen LogP contribution in [0.4, 0.5) is 17.6 Å². The quantitative estimate of drug-likeness (QED) is 0.796. The van der Waals surface area contributed by atoms with Gasteiger partial charge in [0, 0.05) is 5.41 Å². The molecule has 0 radical (unpaired) electrons. The third-order valence-corrected chi connectivity index (χ3v) is 3.50. The van der Waals surface area contributed by atoms with E-state index in [0.717, 1.165) is 18.6 Å². The zero-order valence-electron chi connectivity index (χ0n) is 9.02. The van der Waals surface area contributed by atoms with E-state index in [4.69, 9.17) is 0 Å². The first kappa shape index (κ1) is 12.4. The summed E-state index contributed by atoms with van der Waals surface area (Å²) in [6.45, 7) is -0.198. The van der Waals surface area contributed by atoms with Crippen molar-refractivity contribution in [2.45, 2.75) is 30.9 Å². The summed E-state index contributed by atoms with van der Waals surface area (Å²) in [5.74, 6) is -1.27. The average molecular weight is 248 g/mol. The van der Waals surface area contributed by atoms with E-state index in [1.165, 1.54) is 6.07 Å². The molecule has 0 heterocycles. The summed E-state index contributed by atoms with van der Waals surface area (Å²) >= 11 is 0. The lowest BCUT2D eigenvalue weighted by Gasteiger charge is -2.41. The summed E-state index contributed by atoms with van der Waals surface area (Å²) in [5.41, 5.74) is -1.48. The molecule has 0 aromatic heterocycles. The van der Waals surface area contributed by atoms with E-state index in [9.17, 15) is 22.7 Å². The van der Waals surface area contributed by atoms with Gasteiger partial charge in [-0.1, -0.05) is 12.5 Å². The predicted octanol–water partition coefficient (Wildman–Crippen LogP) is 3.26. The van der Waals surface area contributed by atoms with Gasteiger partial charge in [-0.3, -0.25) is 0 Å². The predicted molar refractivity (Wildman–Crippen MR) is 54.0 cm³/mol. The van der Waals surface area contributed by atoms with Crippen molar-refractivity contribution in [2.24, 2.45) is 0 Å². The average Bonchev–Trinajstić information content (AvgIpc) is 2.17. The first-order valence-electron chi connectivity index (χ1n) is 5.37. The SMILES string of the molecule is OCC1(c2ccc(F)c(C(F)(F)F)c2)CCC1. The number of aliphatic hydroxyl groups is 1. The maximum atomic E-state index is 13.1.